The molecule has 2 amide bonds. The summed E-state index contributed by atoms with van der Waals surface area (Å²) in [4.78, 5) is 34.8. The number of imide groups is 1. The summed E-state index contributed by atoms with van der Waals surface area (Å²) in [6.45, 7) is 2.08. The van der Waals surface area contributed by atoms with Crippen LogP contribution in [0.1, 0.15) is 26.2 Å². The van der Waals surface area contributed by atoms with Gasteiger partial charge in [0.15, 0.2) is 0 Å². The lowest BCUT2D eigenvalue weighted by Gasteiger charge is -2.27. The molecule has 18 heavy (non-hydrogen) atoms. The molecule has 1 aliphatic heterocycles. The lowest BCUT2D eigenvalue weighted by atomic mass is 10.0. The van der Waals surface area contributed by atoms with E-state index in [0.717, 1.165) is 4.90 Å². The Hall–Kier alpha value is -1.69. The van der Waals surface area contributed by atoms with Gasteiger partial charge in [-0.25, -0.2) is 4.79 Å². The molecule has 1 heterocycles. The van der Waals surface area contributed by atoms with Crippen LogP contribution in [0, 0.1) is 0 Å². The summed E-state index contributed by atoms with van der Waals surface area (Å²) < 4.78 is 0. The number of likely N-dealkylation sites (N-methyl/N-ethyl adjacent to an activating group) is 1. The van der Waals surface area contributed by atoms with E-state index >= 15 is 0 Å². The highest BCUT2D eigenvalue weighted by Crippen LogP contribution is 2.11. The van der Waals surface area contributed by atoms with Gasteiger partial charge in [-0.15, -0.1) is 0 Å². The van der Waals surface area contributed by atoms with Crippen molar-refractivity contribution < 1.29 is 19.5 Å². The number of carbonyl (C=O) groups is 3. The average Bonchev–Trinajstić information content (AvgIpc) is 2.33. The number of carboxylic acids is 1. The molecule has 2 N–H and O–H groups in total. The van der Waals surface area contributed by atoms with Gasteiger partial charge in [-0.3, -0.25) is 14.5 Å². The van der Waals surface area contributed by atoms with Gasteiger partial charge in [0.1, 0.15) is 0 Å². The number of likely N-dealkylation sites (tertiary alicyclic amines) is 1. The second kappa shape index (κ2) is 6.30. The minimum atomic E-state index is -0.943. The molecule has 1 aliphatic rings. The smallest absolute Gasteiger partial charge is 0.331 e. The fourth-order valence-corrected chi connectivity index (χ4v) is 1.81. The summed E-state index contributed by atoms with van der Waals surface area (Å²) in [5.74, 6) is -1.37. The minimum absolute atomic E-state index is 0.173. The standard InChI is InChI=1S/C12H18N2O4/c1-3-8(12(17)18)6-7-13-9-4-5-10(15)14(2)11(9)16/h6,9,13H,3-5,7H2,1-2H3,(H,17,18). The Morgan fingerprint density at radius 3 is 2.78 bits per heavy atom. The van der Waals surface area contributed by atoms with Crippen molar-refractivity contribution in [1.82, 2.24) is 10.2 Å². The average molecular weight is 254 g/mol. The molecule has 0 radical (unpaired) electrons. The second-order valence-electron chi connectivity index (χ2n) is 4.18. The zero-order valence-corrected chi connectivity index (χ0v) is 10.6. The highest BCUT2D eigenvalue weighted by molar-refractivity contribution is 6.00. The van der Waals surface area contributed by atoms with Gasteiger partial charge in [0, 0.05) is 25.6 Å². The van der Waals surface area contributed by atoms with Crippen molar-refractivity contribution in [2.45, 2.75) is 32.2 Å². The molecule has 1 atom stereocenters. The largest absolute Gasteiger partial charge is 0.478 e. The zero-order valence-electron chi connectivity index (χ0n) is 10.6. The van der Waals surface area contributed by atoms with Gasteiger partial charge in [0.05, 0.1) is 6.04 Å². The summed E-state index contributed by atoms with van der Waals surface area (Å²) in [5.41, 5.74) is 0.315. The first-order valence-corrected chi connectivity index (χ1v) is 5.93. The van der Waals surface area contributed by atoms with E-state index in [2.05, 4.69) is 5.32 Å². The predicted molar refractivity (Wildman–Crippen MR) is 64.8 cm³/mol. The van der Waals surface area contributed by atoms with Crippen molar-refractivity contribution in [1.29, 1.82) is 0 Å². The molecule has 0 saturated carbocycles. The van der Waals surface area contributed by atoms with Crippen LogP contribution in [0.15, 0.2) is 11.6 Å². The molecule has 0 spiro atoms. The Kier molecular flexibility index (Phi) is 5.03. The summed E-state index contributed by atoms with van der Waals surface area (Å²) in [7, 11) is 1.46. The Balaban J connectivity index is 2.52. The number of carboxylic acid groups (broad SMARTS) is 1. The molecular formula is C12H18N2O4. The Bertz CT molecular complexity index is 390. The van der Waals surface area contributed by atoms with Crippen LogP contribution < -0.4 is 5.32 Å². The van der Waals surface area contributed by atoms with Crippen LogP contribution in [0.2, 0.25) is 0 Å². The maximum absolute atomic E-state index is 11.7. The number of amides is 2. The topological polar surface area (TPSA) is 86.7 Å². The van der Waals surface area contributed by atoms with Crippen LogP contribution in [0.3, 0.4) is 0 Å². The van der Waals surface area contributed by atoms with Crippen LogP contribution in [0.5, 0.6) is 0 Å². The van der Waals surface area contributed by atoms with Gasteiger partial charge in [0.2, 0.25) is 11.8 Å². The lowest BCUT2D eigenvalue weighted by molar-refractivity contribution is -0.148. The third-order valence-corrected chi connectivity index (χ3v) is 3.02. The van der Waals surface area contributed by atoms with Gasteiger partial charge in [-0.2, -0.15) is 0 Å². The molecule has 6 nitrogen and oxygen atoms in total. The van der Waals surface area contributed by atoms with Crippen molar-refractivity contribution in [2.75, 3.05) is 13.6 Å². The fourth-order valence-electron chi connectivity index (χ4n) is 1.81. The number of nitrogens with zero attached hydrogens (tertiary/aromatic N) is 1. The molecule has 1 saturated heterocycles. The number of carbonyl (C=O) groups excluding carboxylic acids is 2. The number of piperidine rings is 1. The van der Waals surface area contributed by atoms with E-state index < -0.39 is 12.0 Å². The monoisotopic (exact) mass is 254 g/mol. The molecule has 1 unspecified atom stereocenters. The predicted octanol–water partition coefficient (Wildman–Crippen LogP) is 0.144. The number of aliphatic carboxylic acids is 1. The molecule has 6 heteroatoms. The normalized spacial score (nSPS) is 21.3. The Labute approximate surface area is 106 Å². The van der Waals surface area contributed by atoms with Crippen molar-refractivity contribution in [2.24, 2.45) is 0 Å². The number of rotatable bonds is 5. The quantitative estimate of drug-likeness (QED) is 0.538. The highest BCUT2D eigenvalue weighted by atomic mass is 16.4. The molecule has 0 aromatic rings. The van der Waals surface area contributed by atoms with E-state index in [-0.39, 0.29) is 11.8 Å². The van der Waals surface area contributed by atoms with E-state index in [1.165, 1.54) is 7.05 Å². The number of hydrogen-bond acceptors (Lipinski definition) is 4. The van der Waals surface area contributed by atoms with E-state index in [9.17, 15) is 14.4 Å². The molecule has 1 rings (SSSR count). The van der Waals surface area contributed by atoms with Crippen molar-refractivity contribution in [3.8, 4) is 0 Å². The van der Waals surface area contributed by atoms with E-state index in [4.69, 9.17) is 5.11 Å². The van der Waals surface area contributed by atoms with E-state index in [0.29, 0.717) is 31.4 Å². The highest BCUT2D eigenvalue weighted by Gasteiger charge is 2.30. The fraction of sp³-hybridized carbons (Fsp3) is 0.583. The molecule has 0 bridgehead atoms. The molecule has 100 valence electrons. The second-order valence-corrected chi connectivity index (χ2v) is 4.18. The van der Waals surface area contributed by atoms with Gasteiger partial charge < -0.3 is 10.4 Å². The first-order valence-electron chi connectivity index (χ1n) is 5.93. The van der Waals surface area contributed by atoms with Crippen LogP contribution >= 0.6 is 0 Å². The van der Waals surface area contributed by atoms with Crippen LogP contribution in [-0.2, 0) is 14.4 Å². The number of nitrogens with one attached hydrogen (secondary N) is 1. The Morgan fingerprint density at radius 2 is 2.22 bits per heavy atom. The van der Waals surface area contributed by atoms with Gasteiger partial charge in [-0.05, 0) is 12.8 Å². The molecular weight excluding hydrogens is 236 g/mol. The summed E-state index contributed by atoms with van der Waals surface area (Å²) in [6, 6.07) is -0.407. The van der Waals surface area contributed by atoms with Gasteiger partial charge >= 0.3 is 5.97 Å². The number of hydrogen-bond donors (Lipinski definition) is 2. The first kappa shape index (κ1) is 14.4. The minimum Gasteiger partial charge on any atom is -0.478 e. The third-order valence-electron chi connectivity index (χ3n) is 3.02. The summed E-state index contributed by atoms with van der Waals surface area (Å²) in [5, 5.41) is 11.8. The lowest BCUT2D eigenvalue weighted by Crippen LogP contribution is -2.51. The van der Waals surface area contributed by atoms with E-state index in [1.807, 2.05) is 0 Å². The van der Waals surface area contributed by atoms with E-state index in [1.54, 1.807) is 13.0 Å². The maximum Gasteiger partial charge on any atom is 0.331 e. The molecule has 0 aromatic heterocycles. The van der Waals surface area contributed by atoms with Crippen molar-refractivity contribution in [3.63, 3.8) is 0 Å². The summed E-state index contributed by atoms with van der Waals surface area (Å²) >= 11 is 0. The molecule has 1 fully saturated rings. The molecule has 0 aliphatic carbocycles. The third kappa shape index (κ3) is 3.40. The Morgan fingerprint density at radius 1 is 1.56 bits per heavy atom. The SMILES string of the molecule is CCC(=CCNC1CCC(=O)N(C)C1=O)C(=O)O. The molecule has 0 aromatic carbocycles. The van der Waals surface area contributed by atoms with Crippen molar-refractivity contribution in [3.05, 3.63) is 11.6 Å². The summed E-state index contributed by atoms with van der Waals surface area (Å²) in [6.07, 6.45) is 2.80. The zero-order chi connectivity index (χ0) is 13.7. The van der Waals surface area contributed by atoms with Crippen LogP contribution in [-0.4, -0.2) is 47.4 Å². The van der Waals surface area contributed by atoms with Crippen LogP contribution in [0.4, 0.5) is 0 Å². The van der Waals surface area contributed by atoms with Gasteiger partial charge in [-0.1, -0.05) is 13.0 Å². The first-order chi connectivity index (χ1) is 8.47. The van der Waals surface area contributed by atoms with Gasteiger partial charge in [0.25, 0.3) is 0 Å². The maximum atomic E-state index is 11.7. The van der Waals surface area contributed by atoms with Crippen molar-refractivity contribution >= 4 is 17.8 Å². The van der Waals surface area contributed by atoms with Crippen LogP contribution in [0.25, 0.3) is 0 Å².